The molecule has 0 bridgehead atoms. The SMILES string of the molecule is Cc1cccc(CN(C(=O)CSCc2ccccc2Cl)[C@H](Cc2ccccc2)C(=O)NC2CCCCC2)c1. The van der Waals surface area contributed by atoms with E-state index in [0.29, 0.717) is 23.7 Å². The normalized spacial score (nSPS) is 14.6. The van der Waals surface area contributed by atoms with Crippen molar-refractivity contribution in [2.45, 2.75) is 69.8 Å². The highest BCUT2D eigenvalue weighted by Crippen LogP contribution is 2.23. The minimum atomic E-state index is -0.590. The first kappa shape index (κ1) is 28.3. The molecule has 0 aromatic heterocycles. The lowest BCUT2D eigenvalue weighted by molar-refractivity contribution is -0.139. The topological polar surface area (TPSA) is 49.4 Å². The summed E-state index contributed by atoms with van der Waals surface area (Å²) in [6.45, 7) is 2.44. The zero-order valence-electron chi connectivity index (χ0n) is 22.1. The first-order chi connectivity index (χ1) is 18.5. The molecule has 1 saturated carbocycles. The number of hydrogen-bond acceptors (Lipinski definition) is 3. The Balaban J connectivity index is 1.57. The van der Waals surface area contributed by atoms with Crippen molar-refractivity contribution in [3.63, 3.8) is 0 Å². The number of rotatable bonds is 11. The number of nitrogens with zero attached hydrogens (tertiary/aromatic N) is 1. The number of hydrogen-bond donors (Lipinski definition) is 1. The van der Waals surface area contributed by atoms with Gasteiger partial charge in [-0.2, -0.15) is 0 Å². The molecule has 1 atom stereocenters. The van der Waals surface area contributed by atoms with Crippen LogP contribution in [0.1, 0.15) is 54.4 Å². The van der Waals surface area contributed by atoms with Gasteiger partial charge in [0.05, 0.1) is 5.75 Å². The summed E-state index contributed by atoms with van der Waals surface area (Å²) in [5, 5.41) is 4.01. The Kier molecular flexibility index (Phi) is 10.7. The van der Waals surface area contributed by atoms with Gasteiger partial charge in [0.25, 0.3) is 0 Å². The molecule has 0 aliphatic heterocycles. The highest BCUT2D eigenvalue weighted by molar-refractivity contribution is 7.99. The fraction of sp³-hybridized carbons (Fsp3) is 0.375. The van der Waals surface area contributed by atoms with Gasteiger partial charge < -0.3 is 10.2 Å². The van der Waals surface area contributed by atoms with E-state index >= 15 is 0 Å². The largest absolute Gasteiger partial charge is 0.352 e. The Hall–Kier alpha value is -2.76. The standard InChI is InChI=1S/C32H37ClN2O2S/c1-24-11-10-14-26(19-24)21-35(31(36)23-38-22-27-15-8-9-18-29(27)33)30(20-25-12-4-2-5-13-25)32(37)34-28-16-6-3-7-17-28/h2,4-5,8-15,18-19,28,30H,3,6-7,16-17,20-23H2,1H3,(H,34,37)/t30-/m1/s1. The number of carbonyl (C=O) groups is 2. The summed E-state index contributed by atoms with van der Waals surface area (Å²) in [7, 11) is 0. The predicted molar refractivity (Wildman–Crippen MR) is 158 cm³/mol. The van der Waals surface area contributed by atoms with Gasteiger partial charge in [0.15, 0.2) is 0 Å². The van der Waals surface area contributed by atoms with Crippen LogP contribution in [0.2, 0.25) is 5.02 Å². The maximum Gasteiger partial charge on any atom is 0.243 e. The van der Waals surface area contributed by atoms with Crippen molar-refractivity contribution in [1.29, 1.82) is 0 Å². The third-order valence-electron chi connectivity index (χ3n) is 7.10. The van der Waals surface area contributed by atoms with Gasteiger partial charge in [0.1, 0.15) is 6.04 Å². The van der Waals surface area contributed by atoms with Crippen LogP contribution >= 0.6 is 23.4 Å². The quantitative estimate of drug-likeness (QED) is 0.281. The number of thioether (sulfide) groups is 1. The molecular weight excluding hydrogens is 512 g/mol. The fourth-order valence-corrected chi connectivity index (χ4v) is 6.25. The fourth-order valence-electron chi connectivity index (χ4n) is 5.05. The van der Waals surface area contributed by atoms with Gasteiger partial charge in [-0.25, -0.2) is 0 Å². The van der Waals surface area contributed by atoms with E-state index in [0.717, 1.165) is 47.9 Å². The number of amides is 2. The lowest BCUT2D eigenvalue weighted by atomic mass is 9.94. The molecule has 3 aromatic rings. The number of aryl methyl sites for hydroxylation is 1. The van der Waals surface area contributed by atoms with E-state index in [4.69, 9.17) is 11.6 Å². The molecule has 200 valence electrons. The van der Waals surface area contributed by atoms with Crippen LogP contribution in [0.25, 0.3) is 0 Å². The molecule has 1 N–H and O–H groups in total. The van der Waals surface area contributed by atoms with Gasteiger partial charge in [0, 0.05) is 29.8 Å². The Morgan fingerprint density at radius 2 is 1.66 bits per heavy atom. The third-order valence-corrected chi connectivity index (χ3v) is 8.43. The summed E-state index contributed by atoms with van der Waals surface area (Å²) in [6.07, 6.45) is 5.98. The first-order valence-corrected chi connectivity index (χ1v) is 15.0. The first-order valence-electron chi connectivity index (χ1n) is 13.5. The van der Waals surface area contributed by atoms with E-state index in [1.807, 2.05) is 79.7 Å². The van der Waals surface area contributed by atoms with Gasteiger partial charge in [-0.1, -0.05) is 109 Å². The summed E-state index contributed by atoms with van der Waals surface area (Å²) in [5.74, 6) is 0.821. The van der Waals surface area contributed by atoms with E-state index < -0.39 is 6.04 Å². The second-order valence-electron chi connectivity index (χ2n) is 10.1. The summed E-state index contributed by atoms with van der Waals surface area (Å²) in [4.78, 5) is 29.4. The summed E-state index contributed by atoms with van der Waals surface area (Å²) >= 11 is 7.87. The molecule has 6 heteroatoms. The predicted octanol–water partition coefficient (Wildman–Crippen LogP) is 6.97. The highest BCUT2D eigenvalue weighted by atomic mass is 35.5. The van der Waals surface area contributed by atoms with Crippen LogP contribution in [0.3, 0.4) is 0 Å². The van der Waals surface area contributed by atoms with Crippen LogP contribution in [0.15, 0.2) is 78.9 Å². The number of nitrogens with one attached hydrogen (secondary N) is 1. The van der Waals surface area contributed by atoms with Gasteiger partial charge >= 0.3 is 0 Å². The van der Waals surface area contributed by atoms with E-state index in [-0.39, 0.29) is 23.6 Å². The van der Waals surface area contributed by atoms with E-state index in [1.54, 1.807) is 4.90 Å². The molecule has 1 aliphatic rings. The zero-order chi connectivity index (χ0) is 26.7. The second-order valence-corrected chi connectivity index (χ2v) is 11.5. The molecule has 38 heavy (non-hydrogen) atoms. The molecule has 0 radical (unpaired) electrons. The van der Waals surface area contributed by atoms with Crippen LogP contribution in [0.4, 0.5) is 0 Å². The monoisotopic (exact) mass is 548 g/mol. The van der Waals surface area contributed by atoms with Crippen LogP contribution in [-0.4, -0.2) is 34.6 Å². The van der Waals surface area contributed by atoms with Crippen molar-refractivity contribution in [3.05, 3.63) is 106 Å². The molecule has 2 amide bonds. The Morgan fingerprint density at radius 1 is 0.947 bits per heavy atom. The molecule has 1 aliphatic carbocycles. The van der Waals surface area contributed by atoms with Crippen molar-refractivity contribution in [3.8, 4) is 0 Å². The highest BCUT2D eigenvalue weighted by Gasteiger charge is 2.31. The van der Waals surface area contributed by atoms with Gasteiger partial charge in [0.2, 0.25) is 11.8 Å². The molecule has 0 spiro atoms. The minimum absolute atomic E-state index is 0.0386. The molecule has 1 fully saturated rings. The van der Waals surface area contributed by atoms with E-state index in [2.05, 4.69) is 11.4 Å². The van der Waals surface area contributed by atoms with Crippen molar-refractivity contribution in [2.75, 3.05) is 5.75 Å². The number of carbonyl (C=O) groups excluding carboxylic acids is 2. The lowest BCUT2D eigenvalue weighted by Crippen LogP contribution is -2.53. The lowest BCUT2D eigenvalue weighted by Gasteiger charge is -2.33. The third kappa shape index (κ3) is 8.37. The summed E-state index contributed by atoms with van der Waals surface area (Å²) in [5.41, 5.74) is 4.21. The van der Waals surface area contributed by atoms with Crippen molar-refractivity contribution >= 4 is 35.2 Å². The molecule has 0 unspecified atom stereocenters. The van der Waals surface area contributed by atoms with Crippen molar-refractivity contribution < 1.29 is 9.59 Å². The Morgan fingerprint density at radius 3 is 2.39 bits per heavy atom. The zero-order valence-corrected chi connectivity index (χ0v) is 23.6. The second kappa shape index (κ2) is 14.4. The Bertz CT molecular complexity index is 1200. The van der Waals surface area contributed by atoms with Crippen LogP contribution in [0.5, 0.6) is 0 Å². The summed E-state index contributed by atoms with van der Waals surface area (Å²) in [6, 6.07) is 25.5. The molecule has 4 rings (SSSR count). The average molecular weight is 549 g/mol. The van der Waals surface area contributed by atoms with Gasteiger partial charge in [-0.05, 0) is 42.5 Å². The van der Waals surface area contributed by atoms with Gasteiger partial charge in [-0.3, -0.25) is 9.59 Å². The van der Waals surface area contributed by atoms with Crippen LogP contribution in [0, 0.1) is 6.92 Å². The maximum absolute atomic E-state index is 13.8. The number of halogens is 1. The molecule has 4 nitrogen and oxygen atoms in total. The van der Waals surface area contributed by atoms with Crippen LogP contribution in [-0.2, 0) is 28.3 Å². The maximum atomic E-state index is 13.8. The number of benzene rings is 3. The van der Waals surface area contributed by atoms with Crippen molar-refractivity contribution in [2.24, 2.45) is 0 Å². The summed E-state index contributed by atoms with van der Waals surface area (Å²) < 4.78 is 0. The van der Waals surface area contributed by atoms with E-state index in [1.165, 1.54) is 18.2 Å². The molecular formula is C32H37ClN2O2S. The minimum Gasteiger partial charge on any atom is -0.352 e. The van der Waals surface area contributed by atoms with E-state index in [9.17, 15) is 9.59 Å². The van der Waals surface area contributed by atoms with Crippen molar-refractivity contribution in [1.82, 2.24) is 10.2 Å². The molecule has 0 saturated heterocycles. The molecule has 0 heterocycles. The average Bonchev–Trinajstić information content (AvgIpc) is 2.93. The Labute approximate surface area is 236 Å². The smallest absolute Gasteiger partial charge is 0.243 e. The molecule has 3 aromatic carbocycles. The van der Waals surface area contributed by atoms with Crippen LogP contribution < -0.4 is 5.32 Å². The van der Waals surface area contributed by atoms with Gasteiger partial charge in [-0.15, -0.1) is 11.8 Å².